The average Bonchev–Trinajstić information content (AvgIpc) is 2.90. The highest BCUT2D eigenvalue weighted by molar-refractivity contribution is 5.99. The number of nitrogens with one attached hydrogen (secondary N) is 6. The number of primary amides is 1. The Morgan fingerprint density at radius 3 is 1.71 bits per heavy atom. The normalized spacial score (nSPS) is 21.3. The fourth-order valence-electron chi connectivity index (χ4n) is 10.5. The highest BCUT2D eigenvalue weighted by Crippen LogP contribution is 2.29. The molecule has 0 spiro atoms. The number of aliphatic hydroxyl groups is 4. The number of carbonyl (C=O) groups excluding carboxylic acids is 10. The number of aromatic hydroxyl groups is 3. The topological polar surface area (TPSA) is 498 Å². The lowest BCUT2D eigenvalue weighted by Crippen LogP contribution is -2.61. The number of hydrogen-bond acceptors (Lipinski definition) is 20. The molecule has 3 aliphatic heterocycles. The number of rotatable bonds is 30. The van der Waals surface area contributed by atoms with Gasteiger partial charge in [-0.3, -0.25) is 47.9 Å². The summed E-state index contributed by atoms with van der Waals surface area (Å²) in [6.07, 6.45) is -3.15. The number of nitrogens with zero attached hydrogens (tertiary/aromatic N) is 3. The Morgan fingerprint density at radius 2 is 1.12 bits per heavy atom. The third kappa shape index (κ3) is 18.9. The fourth-order valence-corrected chi connectivity index (χ4v) is 10.5. The maximum absolute atomic E-state index is 14.8. The monoisotopic (exact) mass is 1200 g/mol. The summed E-state index contributed by atoms with van der Waals surface area (Å²) in [5.74, 6) is -10.2. The van der Waals surface area contributed by atoms with Gasteiger partial charge in [-0.1, -0.05) is 18.2 Å². The van der Waals surface area contributed by atoms with E-state index in [-0.39, 0.29) is 50.0 Å². The van der Waals surface area contributed by atoms with E-state index < -0.39 is 182 Å². The van der Waals surface area contributed by atoms with Crippen LogP contribution in [0.15, 0.2) is 42.5 Å². The van der Waals surface area contributed by atoms with Gasteiger partial charge >= 0.3 is 0 Å². The van der Waals surface area contributed by atoms with E-state index in [1.165, 1.54) is 42.2 Å². The predicted octanol–water partition coefficient (Wildman–Crippen LogP) is -6.12. The summed E-state index contributed by atoms with van der Waals surface area (Å²) in [6.45, 7) is 1.36. The van der Waals surface area contributed by atoms with Gasteiger partial charge in [-0.15, -0.1) is 0 Å². The van der Waals surface area contributed by atoms with Crippen molar-refractivity contribution >= 4 is 59.1 Å². The Labute approximate surface area is 490 Å². The summed E-state index contributed by atoms with van der Waals surface area (Å²) in [4.78, 5) is 142. The third-order valence-electron chi connectivity index (χ3n) is 15.1. The SMILES string of the molecule is C[C@H](N)C(=O)N[C@@H](CCCCN)C(=O)N1CCC[C@H]1C(=O)N[C@@H](CO)C(=O)N[C@@H](Cc1ccc(O)cc1)C(=O)N1CC(O)C[C@H]1C(=O)N1CC(O)C[C@H]1C(=O)N[C@H](C(=O)N[C@@H](Cc1ccc(O)c(O)c1)C(=O)N[C@@H](CCCCN)C(N)=O)[C@@H](C)O. The Balaban J connectivity index is 1.35. The van der Waals surface area contributed by atoms with Crippen LogP contribution >= 0.6 is 0 Å². The maximum Gasteiger partial charge on any atom is 0.246 e. The maximum atomic E-state index is 14.8. The molecule has 30 nitrogen and oxygen atoms in total. The van der Waals surface area contributed by atoms with Crippen LogP contribution in [0.3, 0.4) is 0 Å². The van der Waals surface area contributed by atoms with Gasteiger partial charge in [0.15, 0.2) is 11.5 Å². The predicted molar refractivity (Wildman–Crippen MR) is 301 cm³/mol. The van der Waals surface area contributed by atoms with E-state index in [4.69, 9.17) is 22.9 Å². The largest absolute Gasteiger partial charge is 0.508 e. The molecule has 13 atom stereocenters. The molecule has 85 heavy (non-hydrogen) atoms. The summed E-state index contributed by atoms with van der Waals surface area (Å²) in [7, 11) is 0. The van der Waals surface area contributed by atoms with E-state index in [1.807, 2.05) is 0 Å². The first-order valence-corrected chi connectivity index (χ1v) is 28.4. The minimum atomic E-state index is -1.85. The number of amides is 10. The van der Waals surface area contributed by atoms with Crippen LogP contribution in [0.2, 0.25) is 0 Å². The van der Waals surface area contributed by atoms with Crippen LogP contribution in [0, 0.1) is 0 Å². The zero-order chi connectivity index (χ0) is 62.8. The van der Waals surface area contributed by atoms with Crippen LogP contribution in [0.1, 0.15) is 89.2 Å². The van der Waals surface area contributed by atoms with Gasteiger partial charge in [0.25, 0.3) is 0 Å². The molecule has 0 radical (unpaired) electrons. The Morgan fingerprint density at radius 1 is 0.588 bits per heavy atom. The van der Waals surface area contributed by atoms with Crippen molar-refractivity contribution < 1.29 is 83.7 Å². The van der Waals surface area contributed by atoms with Crippen molar-refractivity contribution in [2.24, 2.45) is 22.9 Å². The molecule has 30 heteroatoms. The molecule has 0 saturated carbocycles. The molecule has 21 N–H and O–H groups in total. The number of phenolic OH excluding ortho intramolecular Hbond substituents is 3. The number of hydrogen-bond donors (Lipinski definition) is 17. The Kier molecular flexibility index (Phi) is 25.6. The minimum absolute atomic E-state index is 0.0909. The van der Waals surface area contributed by atoms with Crippen LogP contribution in [0.25, 0.3) is 0 Å². The molecular formula is C55H83N13O17. The van der Waals surface area contributed by atoms with Crippen molar-refractivity contribution in [3.63, 3.8) is 0 Å². The van der Waals surface area contributed by atoms with Crippen LogP contribution in [0.5, 0.6) is 17.2 Å². The van der Waals surface area contributed by atoms with E-state index in [0.29, 0.717) is 50.8 Å². The van der Waals surface area contributed by atoms with Gasteiger partial charge in [-0.2, -0.15) is 0 Å². The summed E-state index contributed by atoms with van der Waals surface area (Å²) in [5.41, 5.74) is 23.1. The zero-order valence-electron chi connectivity index (χ0n) is 47.6. The number of unbranched alkanes of at least 4 members (excludes halogenated alkanes) is 2. The number of likely N-dealkylation sites (tertiary alicyclic amines) is 3. The molecule has 3 heterocycles. The summed E-state index contributed by atoms with van der Waals surface area (Å²) in [5, 5.41) is 88.5. The Hall–Kier alpha value is -7.74. The lowest BCUT2D eigenvalue weighted by Gasteiger charge is -2.33. The van der Waals surface area contributed by atoms with E-state index >= 15 is 0 Å². The van der Waals surface area contributed by atoms with Gasteiger partial charge in [0.05, 0.1) is 31.0 Å². The second-order valence-electron chi connectivity index (χ2n) is 21.9. The molecule has 3 saturated heterocycles. The molecule has 0 aromatic heterocycles. The zero-order valence-corrected chi connectivity index (χ0v) is 47.6. The van der Waals surface area contributed by atoms with Crippen LogP contribution < -0.4 is 54.8 Å². The number of benzene rings is 2. The smallest absolute Gasteiger partial charge is 0.246 e. The standard InChI is InChI=1S/C55H83N13O17/c1-28(58)47(77)61-36(9-4-6-18-57)53(83)66-19-7-10-40(66)50(80)64-39(27-69)49(79)63-38(20-30-11-14-32(71)15-12-30)54(84)68-26-34(73)24-42(68)55(85)67-25-33(72)23-41(67)51(81)65-45(29(2)70)52(82)62-37(21-31-13-16-43(74)44(75)22-31)48(78)60-35(46(59)76)8-3-5-17-56/h11-16,22,28-29,33-42,45,69-75H,3-10,17-21,23-27,56-58H2,1-2H3,(H2,59,76)(H,60,78)(H,61,77)(H,62,82)(H,63,79)(H,64,80)(H,65,81)/t28-,29+,33?,34?,35-,36-,37-,38-,39-,40-,41-,42-,45-/m0/s1. The van der Waals surface area contributed by atoms with Gasteiger partial charge in [-0.05, 0) is 114 Å². The first-order chi connectivity index (χ1) is 40.3. The molecule has 2 aromatic rings. The molecule has 470 valence electrons. The molecule has 3 fully saturated rings. The molecule has 0 aliphatic carbocycles. The second kappa shape index (κ2) is 32.0. The van der Waals surface area contributed by atoms with Crippen LogP contribution in [-0.4, -0.2) is 228 Å². The average molecular weight is 1200 g/mol. The molecule has 2 unspecified atom stereocenters. The van der Waals surface area contributed by atoms with Crippen molar-refractivity contribution in [1.29, 1.82) is 0 Å². The van der Waals surface area contributed by atoms with Gasteiger partial charge in [0, 0.05) is 45.3 Å². The number of aliphatic hydroxyl groups excluding tert-OH is 4. The highest BCUT2D eigenvalue weighted by atomic mass is 16.3. The van der Waals surface area contributed by atoms with Crippen LogP contribution in [0.4, 0.5) is 0 Å². The molecular weight excluding hydrogens is 1110 g/mol. The molecule has 2 aromatic carbocycles. The van der Waals surface area contributed by atoms with Gasteiger partial charge in [0.1, 0.15) is 60.1 Å². The molecule has 10 amide bonds. The molecule has 3 aliphatic rings. The number of carbonyl (C=O) groups is 10. The lowest BCUT2D eigenvalue weighted by molar-refractivity contribution is -0.148. The quantitative estimate of drug-likeness (QED) is 0.0256. The first-order valence-electron chi connectivity index (χ1n) is 28.4. The molecule has 5 rings (SSSR count). The van der Waals surface area contributed by atoms with Crippen molar-refractivity contribution in [3.05, 3.63) is 53.6 Å². The van der Waals surface area contributed by atoms with Crippen molar-refractivity contribution in [2.75, 3.05) is 39.3 Å². The number of nitrogens with two attached hydrogens (primary N) is 4. The van der Waals surface area contributed by atoms with Gasteiger partial charge in [0.2, 0.25) is 59.1 Å². The third-order valence-corrected chi connectivity index (χ3v) is 15.1. The summed E-state index contributed by atoms with van der Waals surface area (Å²) < 4.78 is 0. The van der Waals surface area contributed by atoms with Crippen molar-refractivity contribution in [1.82, 2.24) is 46.6 Å². The Bertz CT molecular complexity index is 2680. The van der Waals surface area contributed by atoms with Crippen molar-refractivity contribution in [3.8, 4) is 17.2 Å². The van der Waals surface area contributed by atoms with Crippen molar-refractivity contribution in [2.45, 2.75) is 170 Å². The minimum Gasteiger partial charge on any atom is -0.508 e. The number of phenols is 3. The summed E-state index contributed by atoms with van der Waals surface area (Å²) >= 11 is 0. The van der Waals surface area contributed by atoms with E-state index in [0.717, 1.165) is 28.9 Å². The van der Waals surface area contributed by atoms with E-state index in [2.05, 4.69) is 31.9 Å². The van der Waals surface area contributed by atoms with E-state index in [9.17, 15) is 83.7 Å². The van der Waals surface area contributed by atoms with Gasteiger partial charge < -0.3 is 105 Å². The lowest BCUT2D eigenvalue weighted by atomic mass is 10.0. The molecule has 0 bridgehead atoms. The summed E-state index contributed by atoms with van der Waals surface area (Å²) in [6, 6.07) is -5.10. The van der Waals surface area contributed by atoms with Gasteiger partial charge in [-0.25, -0.2) is 0 Å². The first kappa shape index (κ1) is 68.0. The van der Waals surface area contributed by atoms with Crippen LogP contribution in [-0.2, 0) is 60.8 Å². The number of β-amino-alcohol motifs (C(OH)–C–C–N with tert-alkyl or cyclic N) is 2. The fraction of sp³-hybridized carbons (Fsp3) is 0.600. The highest BCUT2D eigenvalue weighted by Gasteiger charge is 2.49. The second-order valence-corrected chi connectivity index (χ2v) is 21.9. The van der Waals surface area contributed by atoms with E-state index in [1.54, 1.807) is 0 Å².